The number of aromatic nitrogens is 4. The maximum Gasteiger partial charge on any atom is 0.235 e. The van der Waals surface area contributed by atoms with Gasteiger partial charge in [-0.2, -0.15) is 0 Å². The molecule has 0 unspecified atom stereocenters. The minimum atomic E-state index is 0.727. The predicted molar refractivity (Wildman–Crippen MR) is 44.8 cm³/mol. The molecule has 0 aliphatic carbocycles. The molecule has 0 fully saturated rings. The van der Waals surface area contributed by atoms with E-state index in [1.54, 1.807) is 6.20 Å². The molecular weight excluding hydrogens is 152 g/mol. The number of fused-ring (bicyclic) bond motifs is 3. The van der Waals surface area contributed by atoms with Crippen LogP contribution in [0.15, 0.2) is 30.9 Å². The van der Waals surface area contributed by atoms with Crippen LogP contribution in [0.1, 0.15) is 0 Å². The maximum atomic E-state index is 4.17. The van der Waals surface area contributed by atoms with E-state index in [0.717, 1.165) is 16.8 Å². The summed E-state index contributed by atoms with van der Waals surface area (Å²) in [5.74, 6) is 0.727. The van der Waals surface area contributed by atoms with Gasteiger partial charge in [-0.15, -0.1) is 0 Å². The van der Waals surface area contributed by atoms with Gasteiger partial charge in [-0.3, -0.25) is 4.40 Å². The fourth-order valence-corrected chi connectivity index (χ4v) is 1.38. The molecule has 0 bridgehead atoms. The number of aromatic amines is 1. The molecule has 4 nitrogen and oxygen atoms in total. The summed E-state index contributed by atoms with van der Waals surface area (Å²) in [7, 11) is 0. The van der Waals surface area contributed by atoms with Gasteiger partial charge in [0.2, 0.25) is 5.78 Å². The topological polar surface area (TPSA) is 46.0 Å². The largest absolute Gasteiger partial charge is 0.347 e. The van der Waals surface area contributed by atoms with Crippen molar-refractivity contribution in [2.45, 2.75) is 0 Å². The Balaban J connectivity index is 2.71. The van der Waals surface area contributed by atoms with Gasteiger partial charge in [0.25, 0.3) is 0 Å². The Morgan fingerprint density at radius 1 is 1.33 bits per heavy atom. The zero-order valence-electron chi connectivity index (χ0n) is 6.23. The van der Waals surface area contributed by atoms with Gasteiger partial charge < -0.3 is 4.98 Å². The van der Waals surface area contributed by atoms with Crippen LogP contribution in [-0.2, 0) is 0 Å². The first kappa shape index (κ1) is 5.77. The minimum absolute atomic E-state index is 0.727. The van der Waals surface area contributed by atoms with E-state index in [1.807, 2.05) is 29.1 Å². The van der Waals surface area contributed by atoms with Crippen LogP contribution in [0.4, 0.5) is 0 Å². The van der Waals surface area contributed by atoms with Crippen molar-refractivity contribution in [3.8, 4) is 0 Å². The molecule has 12 heavy (non-hydrogen) atoms. The van der Waals surface area contributed by atoms with Crippen molar-refractivity contribution >= 4 is 16.8 Å². The van der Waals surface area contributed by atoms with Gasteiger partial charge in [-0.1, -0.05) is 0 Å². The van der Waals surface area contributed by atoms with Crippen LogP contribution >= 0.6 is 0 Å². The highest BCUT2D eigenvalue weighted by Gasteiger charge is 2.00. The number of imidazole rings is 1. The van der Waals surface area contributed by atoms with Gasteiger partial charge in [0, 0.05) is 30.2 Å². The molecule has 0 aliphatic rings. The molecule has 3 heterocycles. The second-order valence-corrected chi connectivity index (χ2v) is 2.64. The van der Waals surface area contributed by atoms with Crippen molar-refractivity contribution in [3.05, 3.63) is 30.9 Å². The van der Waals surface area contributed by atoms with Gasteiger partial charge in [0.1, 0.15) is 5.65 Å². The molecule has 3 rings (SSSR count). The first-order chi connectivity index (χ1) is 5.95. The highest BCUT2D eigenvalue weighted by molar-refractivity contribution is 5.76. The maximum absolute atomic E-state index is 4.17. The normalized spacial score (nSPS) is 11.3. The quantitative estimate of drug-likeness (QED) is 0.534. The van der Waals surface area contributed by atoms with E-state index >= 15 is 0 Å². The molecule has 0 aromatic carbocycles. The number of H-pyrrole nitrogens is 1. The Kier molecular flexibility index (Phi) is 0.889. The third kappa shape index (κ3) is 0.567. The van der Waals surface area contributed by atoms with Crippen LogP contribution in [0.2, 0.25) is 0 Å². The molecule has 0 saturated heterocycles. The van der Waals surface area contributed by atoms with Crippen LogP contribution in [-0.4, -0.2) is 19.4 Å². The van der Waals surface area contributed by atoms with Crippen molar-refractivity contribution < 1.29 is 0 Å². The summed E-state index contributed by atoms with van der Waals surface area (Å²) in [6.07, 6.45) is 7.34. The van der Waals surface area contributed by atoms with E-state index in [9.17, 15) is 0 Å². The van der Waals surface area contributed by atoms with E-state index in [4.69, 9.17) is 0 Å². The fourth-order valence-electron chi connectivity index (χ4n) is 1.38. The molecule has 4 heteroatoms. The lowest BCUT2D eigenvalue weighted by molar-refractivity contribution is 1.14. The SMILES string of the molecule is c1cn2c(n1)ncc1cc[nH]c12. The molecule has 0 atom stereocenters. The Morgan fingerprint density at radius 2 is 2.33 bits per heavy atom. The summed E-state index contributed by atoms with van der Waals surface area (Å²) in [6.45, 7) is 0. The molecule has 58 valence electrons. The van der Waals surface area contributed by atoms with Gasteiger partial charge in [-0.25, -0.2) is 9.97 Å². The lowest BCUT2D eigenvalue weighted by atomic mass is 10.4. The summed E-state index contributed by atoms with van der Waals surface area (Å²) in [4.78, 5) is 11.4. The molecule has 3 aromatic heterocycles. The monoisotopic (exact) mass is 158 g/mol. The van der Waals surface area contributed by atoms with Crippen LogP contribution in [0.3, 0.4) is 0 Å². The number of rotatable bonds is 0. The summed E-state index contributed by atoms with van der Waals surface area (Å²) < 4.78 is 1.93. The predicted octanol–water partition coefficient (Wildman–Crippen LogP) is 1.21. The van der Waals surface area contributed by atoms with Gasteiger partial charge in [0.05, 0.1) is 0 Å². The highest BCUT2D eigenvalue weighted by Crippen LogP contribution is 2.11. The molecule has 0 amide bonds. The molecule has 1 N–H and O–H groups in total. The van der Waals surface area contributed by atoms with Crippen molar-refractivity contribution in [2.24, 2.45) is 0 Å². The lowest BCUT2D eigenvalue weighted by Crippen LogP contribution is -1.88. The molecule has 3 aromatic rings. The Bertz CT molecular complexity index is 484. The first-order valence-electron chi connectivity index (χ1n) is 3.70. The average Bonchev–Trinajstić information content (AvgIpc) is 2.71. The van der Waals surface area contributed by atoms with Gasteiger partial charge in [-0.05, 0) is 6.07 Å². The summed E-state index contributed by atoms with van der Waals surface area (Å²) in [6, 6.07) is 1.99. The fraction of sp³-hybridized carbons (Fsp3) is 0. The number of nitrogens with one attached hydrogen (secondary N) is 1. The Morgan fingerprint density at radius 3 is 3.33 bits per heavy atom. The molecule has 0 radical (unpaired) electrons. The van der Waals surface area contributed by atoms with Crippen LogP contribution in [0, 0.1) is 0 Å². The Hall–Kier alpha value is -1.84. The highest BCUT2D eigenvalue weighted by atomic mass is 15.1. The van der Waals surface area contributed by atoms with Crippen molar-refractivity contribution in [3.63, 3.8) is 0 Å². The van der Waals surface area contributed by atoms with E-state index < -0.39 is 0 Å². The first-order valence-corrected chi connectivity index (χ1v) is 3.70. The minimum Gasteiger partial charge on any atom is -0.347 e. The number of nitrogens with zero attached hydrogens (tertiary/aromatic N) is 3. The average molecular weight is 158 g/mol. The van der Waals surface area contributed by atoms with E-state index in [2.05, 4.69) is 15.0 Å². The third-order valence-corrected chi connectivity index (χ3v) is 1.94. The standard InChI is InChI=1S/C8H6N4/c1-2-9-7-6(1)5-11-8-10-3-4-12(7)8/h1-5,9H. The smallest absolute Gasteiger partial charge is 0.235 e. The zero-order chi connectivity index (χ0) is 7.97. The van der Waals surface area contributed by atoms with Crippen molar-refractivity contribution in [1.29, 1.82) is 0 Å². The number of hydrogen-bond donors (Lipinski definition) is 1. The second-order valence-electron chi connectivity index (χ2n) is 2.64. The van der Waals surface area contributed by atoms with E-state index in [0.29, 0.717) is 0 Å². The van der Waals surface area contributed by atoms with Crippen LogP contribution in [0.5, 0.6) is 0 Å². The van der Waals surface area contributed by atoms with Crippen LogP contribution < -0.4 is 0 Å². The summed E-state index contributed by atoms with van der Waals surface area (Å²) in [5.41, 5.74) is 1.04. The number of hydrogen-bond acceptors (Lipinski definition) is 2. The molecule has 0 aliphatic heterocycles. The van der Waals surface area contributed by atoms with Crippen molar-refractivity contribution in [2.75, 3.05) is 0 Å². The van der Waals surface area contributed by atoms with Crippen molar-refractivity contribution in [1.82, 2.24) is 19.4 Å². The molecule has 0 spiro atoms. The van der Waals surface area contributed by atoms with E-state index in [-0.39, 0.29) is 0 Å². The molecular formula is C8H6N4. The van der Waals surface area contributed by atoms with E-state index in [1.165, 1.54) is 0 Å². The summed E-state index contributed by atoms with van der Waals surface area (Å²) in [5, 5.41) is 1.10. The summed E-state index contributed by atoms with van der Waals surface area (Å²) >= 11 is 0. The molecule has 0 saturated carbocycles. The zero-order valence-corrected chi connectivity index (χ0v) is 6.23. The Labute approximate surface area is 67.9 Å². The lowest BCUT2D eigenvalue weighted by Gasteiger charge is -1.93. The van der Waals surface area contributed by atoms with Gasteiger partial charge >= 0.3 is 0 Å². The third-order valence-electron chi connectivity index (χ3n) is 1.94. The second kappa shape index (κ2) is 1.85. The van der Waals surface area contributed by atoms with Crippen LogP contribution in [0.25, 0.3) is 16.8 Å². The van der Waals surface area contributed by atoms with Gasteiger partial charge in [0.15, 0.2) is 0 Å².